The topological polar surface area (TPSA) is 102 Å². The Morgan fingerprint density at radius 2 is 1.71 bits per heavy atom. The van der Waals surface area contributed by atoms with E-state index in [4.69, 9.17) is 9.56 Å². The largest absolute Gasteiger partial charge is 0.450 e. The fourth-order valence-corrected chi connectivity index (χ4v) is 3.74. The number of carbonyl (C=O) groups is 1. The van der Waals surface area contributed by atoms with Crippen molar-refractivity contribution in [3.63, 3.8) is 0 Å². The SMILES string of the molecule is Cc1c(C(=O)NCc2ccc(S(N)(=O)=O)cc2)oc2c1ccc1ccccc12. The van der Waals surface area contributed by atoms with Gasteiger partial charge < -0.3 is 9.73 Å². The van der Waals surface area contributed by atoms with Crippen molar-refractivity contribution in [3.8, 4) is 0 Å². The molecule has 0 unspecified atom stereocenters. The highest BCUT2D eigenvalue weighted by Gasteiger charge is 2.19. The van der Waals surface area contributed by atoms with Gasteiger partial charge in [0.1, 0.15) is 5.58 Å². The molecule has 0 aliphatic heterocycles. The molecule has 7 heteroatoms. The smallest absolute Gasteiger partial charge is 0.287 e. The van der Waals surface area contributed by atoms with Crippen molar-refractivity contribution < 1.29 is 17.6 Å². The van der Waals surface area contributed by atoms with Crippen molar-refractivity contribution in [2.75, 3.05) is 0 Å². The molecule has 0 saturated heterocycles. The van der Waals surface area contributed by atoms with E-state index in [1.165, 1.54) is 12.1 Å². The number of benzene rings is 3. The van der Waals surface area contributed by atoms with Crippen LogP contribution in [-0.2, 0) is 16.6 Å². The van der Waals surface area contributed by atoms with Gasteiger partial charge >= 0.3 is 0 Å². The molecule has 3 aromatic carbocycles. The highest BCUT2D eigenvalue weighted by molar-refractivity contribution is 7.89. The summed E-state index contributed by atoms with van der Waals surface area (Å²) in [6, 6.07) is 17.9. The fourth-order valence-electron chi connectivity index (χ4n) is 3.23. The number of amides is 1. The molecule has 1 amide bonds. The van der Waals surface area contributed by atoms with Crippen LogP contribution in [-0.4, -0.2) is 14.3 Å². The minimum Gasteiger partial charge on any atom is -0.450 e. The van der Waals surface area contributed by atoms with Crippen molar-refractivity contribution in [1.82, 2.24) is 5.32 Å². The van der Waals surface area contributed by atoms with Crippen LogP contribution >= 0.6 is 0 Å². The molecule has 3 N–H and O–H groups in total. The Morgan fingerprint density at radius 3 is 2.43 bits per heavy atom. The zero-order chi connectivity index (χ0) is 19.9. The number of nitrogens with one attached hydrogen (secondary N) is 1. The number of hydrogen-bond acceptors (Lipinski definition) is 4. The number of primary sulfonamides is 1. The molecule has 142 valence electrons. The number of furan rings is 1. The third-order valence-corrected chi connectivity index (χ3v) is 5.67. The molecule has 4 rings (SSSR count). The summed E-state index contributed by atoms with van der Waals surface area (Å²) in [5.74, 6) is -0.0548. The van der Waals surface area contributed by atoms with Crippen molar-refractivity contribution >= 4 is 37.7 Å². The monoisotopic (exact) mass is 394 g/mol. The van der Waals surface area contributed by atoms with Crippen LogP contribution < -0.4 is 10.5 Å². The van der Waals surface area contributed by atoms with Crippen LogP contribution in [0.4, 0.5) is 0 Å². The summed E-state index contributed by atoms with van der Waals surface area (Å²) in [5.41, 5.74) is 2.22. The summed E-state index contributed by atoms with van der Waals surface area (Å²) in [4.78, 5) is 12.7. The van der Waals surface area contributed by atoms with Gasteiger partial charge in [-0.15, -0.1) is 0 Å². The maximum atomic E-state index is 12.6. The first-order valence-electron chi connectivity index (χ1n) is 8.65. The van der Waals surface area contributed by atoms with E-state index < -0.39 is 10.0 Å². The lowest BCUT2D eigenvalue weighted by atomic mass is 10.1. The molecule has 0 fully saturated rings. The van der Waals surface area contributed by atoms with Gasteiger partial charge in [0.05, 0.1) is 4.90 Å². The number of fused-ring (bicyclic) bond motifs is 3. The van der Waals surface area contributed by atoms with Gasteiger partial charge in [-0.2, -0.15) is 0 Å². The molecule has 0 radical (unpaired) electrons. The average molecular weight is 394 g/mol. The molecule has 0 aliphatic rings. The van der Waals surface area contributed by atoms with E-state index in [9.17, 15) is 13.2 Å². The first-order chi connectivity index (χ1) is 13.3. The second-order valence-corrected chi connectivity index (χ2v) is 8.15. The Balaban J connectivity index is 1.59. The van der Waals surface area contributed by atoms with Gasteiger partial charge in [0.15, 0.2) is 5.76 Å². The quantitative estimate of drug-likeness (QED) is 0.553. The minimum absolute atomic E-state index is 0.0302. The van der Waals surface area contributed by atoms with Gasteiger partial charge in [-0.3, -0.25) is 4.79 Å². The summed E-state index contributed by atoms with van der Waals surface area (Å²) in [7, 11) is -3.73. The second kappa shape index (κ2) is 6.78. The number of rotatable bonds is 4. The molecule has 0 aliphatic carbocycles. The molecule has 0 atom stereocenters. The summed E-state index contributed by atoms with van der Waals surface area (Å²) in [5, 5.41) is 10.8. The van der Waals surface area contributed by atoms with E-state index in [0.717, 1.165) is 27.3 Å². The van der Waals surface area contributed by atoms with Gasteiger partial charge in [0, 0.05) is 22.9 Å². The number of hydrogen-bond donors (Lipinski definition) is 2. The molecule has 4 aromatic rings. The Labute approximate surface area is 162 Å². The maximum absolute atomic E-state index is 12.6. The maximum Gasteiger partial charge on any atom is 0.287 e. The van der Waals surface area contributed by atoms with Crippen molar-refractivity contribution in [2.24, 2.45) is 5.14 Å². The third kappa shape index (κ3) is 3.26. The number of sulfonamides is 1. The second-order valence-electron chi connectivity index (χ2n) is 6.59. The highest BCUT2D eigenvalue weighted by Crippen LogP contribution is 2.31. The third-order valence-electron chi connectivity index (χ3n) is 4.74. The normalized spacial score (nSPS) is 11.8. The summed E-state index contributed by atoms with van der Waals surface area (Å²) >= 11 is 0. The summed E-state index contributed by atoms with van der Waals surface area (Å²) < 4.78 is 28.5. The molecule has 28 heavy (non-hydrogen) atoms. The summed E-state index contributed by atoms with van der Waals surface area (Å²) in [6.07, 6.45) is 0. The van der Waals surface area contributed by atoms with Crippen LogP contribution in [0.5, 0.6) is 0 Å². The van der Waals surface area contributed by atoms with Crippen molar-refractivity contribution in [2.45, 2.75) is 18.4 Å². The lowest BCUT2D eigenvalue weighted by Gasteiger charge is -2.05. The van der Waals surface area contributed by atoms with Gasteiger partial charge in [-0.25, -0.2) is 13.6 Å². The first-order valence-corrected chi connectivity index (χ1v) is 10.2. The number of aryl methyl sites for hydroxylation is 1. The van der Waals surface area contributed by atoms with Gasteiger partial charge in [0.2, 0.25) is 10.0 Å². The van der Waals surface area contributed by atoms with E-state index in [1.54, 1.807) is 12.1 Å². The molecule has 1 aromatic heterocycles. The van der Waals surface area contributed by atoms with Crippen LogP contribution in [0.25, 0.3) is 21.7 Å². The molecule has 1 heterocycles. The minimum atomic E-state index is -3.73. The predicted molar refractivity (Wildman–Crippen MR) is 107 cm³/mol. The van der Waals surface area contributed by atoms with Crippen LogP contribution in [0.15, 0.2) is 70.0 Å². The molecule has 0 bridgehead atoms. The average Bonchev–Trinajstić information content (AvgIpc) is 3.03. The Hall–Kier alpha value is -3.16. The van der Waals surface area contributed by atoms with Crippen LogP contribution in [0.3, 0.4) is 0 Å². The standard InChI is InChI=1S/C21H18N2O4S/c1-13-17-11-8-15-4-2-3-5-18(15)20(17)27-19(13)21(24)23-12-14-6-9-16(10-7-14)28(22,25)26/h2-11H,12H2,1H3,(H,23,24)(H2,22,25,26). The van der Waals surface area contributed by atoms with Gasteiger partial charge in [-0.1, -0.05) is 48.5 Å². The molecule has 0 spiro atoms. The Kier molecular flexibility index (Phi) is 4.41. The van der Waals surface area contributed by atoms with Gasteiger partial charge in [0.25, 0.3) is 5.91 Å². The van der Waals surface area contributed by atoms with E-state index >= 15 is 0 Å². The number of nitrogens with two attached hydrogens (primary N) is 1. The van der Waals surface area contributed by atoms with E-state index in [-0.39, 0.29) is 23.1 Å². The van der Waals surface area contributed by atoms with Gasteiger partial charge in [-0.05, 0) is 30.0 Å². The molecular formula is C21H18N2O4S. The highest BCUT2D eigenvalue weighted by atomic mass is 32.2. The van der Waals surface area contributed by atoms with Crippen molar-refractivity contribution in [1.29, 1.82) is 0 Å². The lowest BCUT2D eigenvalue weighted by Crippen LogP contribution is -2.23. The zero-order valence-electron chi connectivity index (χ0n) is 15.1. The van der Waals surface area contributed by atoms with E-state index in [0.29, 0.717) is 5.58 Å². The Bertz CT molecular complexity index is 1310. The Morgan fingerprint density at radius 1 is 1.00 bits per heavy atom. The van der Waals surface area contributed by atoms with E-state index in [2.05, 4.69) is 5.32 Å². The number of carbonyl (C=O) groups excluding carboxylic acids is 1. The fraction of sp³-hybridized carbons (Fsp3) is 0.0952. The van der Waals surface area contributed by atoms with Crippen LogP contribution in [0.2, 0.25) is 0 Å². The first kappa shape index (κ1) is 18.2. The molecule has 0 saturated carbocycles. The van der Waals surface area contributed by atoms with Crippen molar-refractivity contribution in [3.05, 3.63) is 77.6 Å². The van der Waals surface area contributed by atoms with E-state index in [1.807, 2.05) is 43.3 Å². The molecular weight excluding hydrogens is 376 g/mol. The van der Waals surface area contributed by atoms with Crippen LogP contribution in [0.1, 0.15) is 21.7 Å². The molecule has 6 nitrogen and oxygen atoms in total. The lowest BCUT2D eigenvalue weighted by molar-refractivity contribution is 0.0924. The van der Waals surface area contributed by atoms with Crippen LogP contribution in [0, 0.1) is 6.92 Å². The zero-order valence-corrected chi connectivity index (χ0v) is 15.9. The summed E-state index contributed by atoms with van der Waals surface area (Å²) in [6.45, 7) is 2.09. The predicted octanol–water partition coefficient (Wildman–Crippen LogP) is 3.47.